The first-order valence-corrected chi connectivity index (χ1v) is 6.69. The maximum Gasteiger partial charge on any atom is 0.305 e. The monoisotopic (exact) mass is 284 g/mol. The molecule has 112 valence electrons. The average Bonchev–Trinajstić information content (AvgIpc) is 2.44. The summed E-state index contributed by atoms with van der Waals surface area (Å²) in [5.41, 5.74) is -0.313. The van der Waals surface area contributed by atoms with Gasteiger partial charge in [-0.2, -0.15) is 0 Å². The molecule has 0 atom stereocenters. The number of aliphatic hydroxyl groups excluding tert-OH is 1. The minimum absolute atomic E-state index is 0.0559. The predicted molar refractivity (Wildman–Crippen MR) is 71.5 cm³/mol. The van der Waals surface area contributed by atoms with Gasteiger partial charge in [0.15, 0.2) is 5.76 Å². The molecule has 0 saturated carbocycles. The van der Waals surface area contributed by atoms with Crippen LogP contribution >= 0.6 is 0 Å². The molecular weight excluding hydrogens is 264 g/mol. The quantitative estimate of drug-likeness (QED) is 0.548. The van der Waals surface area contributed by atoms with Gasteiger partial charge < -0.3 is 19.0 Å². The lowest BCUT2D eigenvalue weighted by Crippen LogP contribution is -2.11. The third kappa shape index (κ3) is 5.44. The van der Waals surface area contributed by atoms with Gasteiger partial charge in [0.25, 0.3) is 0 Å². The molecule has 6 nitrogen and oxygen atoms in total. The Hall–Kier alpha value is -1.82. The molecule has 20 heavy (non-hydrogen) atoms. The van der Waals surface area contributed by atoms with Gasteiger partial charge in [0.1, 0.15) is 6.61 Å². The van der Waals surface area contributed by atoms with Gasteiger partial charge in [0, 0.05) is 12.5 Å². The van der Waals surface area contributed by atoms with Crippen LogP contribution in [-0.2, 0) is 16.1 Å². The molecule has 0 fully saturated rings. The lowest BCUT2D eigenvalue weighted by atomic mass is 10.2. The number of carbonyl (C=O) groups excluding carboxylic acids is 1. The summed E-state index contributed by atoms with van der Waals surface area (Å²) in [5, 5.41) is 9.03. The summed E-state index contributed by atoms with van der Waals surface area (Å²) >= 11 is 0. The van der Waals surface area contributed by atoms with Crippen molar-refractivity contribution in [3.63, 3.8) is 0 Å². The van der Waals surface area contributed by atoms with E-state index in [0.717, 1.165) is 12.8 Å². The van der Waals surface area contributed by atoms with E-state index in [-0.39, 0.29) is 29.5 Å². The van der Waals surface area contributed by atoms with Crippen LogP contribution in [-0.4, -0.2) is 24.3 Å². The van der Waals surface area contributed by atoms with Gasteiger partial charge in [-0.3, -0.25) is 9.59 Å². The van der Waals surface area contributed by atoms with Crippen molar-refractivity contribution in [2.24, 2.45) is 0 Å². The highest BCUT2D eigenvalue weighted by molar-refractivity contribution is 5.69. The smallest absolute Gasteiger partial charge is 0.305 e. The van der Waals surface area contributed by atoms with Crippen molar-refractivity contribution in [1.82, 2.24) is 0 Å². The Balaban J connectivity index is 2.25. The Morgan fingerprint density at radius 3 is 2.85 bits per heavy atom. The molecule has 1 heterocycles. The number of hydrogen-bond acceptors (Lipinski definition) is 6. The lowest BCUT2D eigenvalue weighted by Gasteiger charge is -2.07. The van der Waals surface area contributed by atoms with Gasteiger partial charge in [-0.1, -0.05) is 0 Å². The SMILES string of the molecule is CCOC(=O)CCCCCOc1c(CO)occc1=O. The highest BCUT2D eigenvalue weighted by atomic mass is 16.5. The van der Waals surface area contributed by atoms with Gasteiger partial charge >= 0.3 is 5.97 Å². The molecule has 0 spiro atoms. The van der Waals surface area contributed by atoms with E-state index in [1.165, 1.54) is 12.3 Å². The van der Waals surface area contributed by atoms with Crippen molar-refractivity contribution in [3.8, 4) is 5.75 Å². The summed E-state index contributed by atoms with van der Waals surface area (Å²) in [6.45, 7) is 2.13. The highest BCUT2D eigenvalue weighted by Crippen LogP contribution is 2.13. The van der Waals surface area contributed by atoms with Crippen LogP contribution < -0.4 is 10.2 Å². The minimum Gasteiger partial charge on any atom is -0.486 e. The average molecular weight is 284 g/mol. The molecular formula is C14H20O6. The second kappa shape index (κ2) is 9.14. The van der Waals surface area contributed by atoms with Gasteiger partial charge in [-0.15, -0.1) is 0 Å². The van der Waals surface area contributed by atoms with Crippen LogP contribution in [0.3, 0.4) is 0 Å². The van der Waals surface area contributed by atoms with Crippen LogP contribution in [0.2, 0.25) is 0 Å². The highest BCUT2D eigenvalue weighted by Gasteiger charge is 2.09. The van der Waals surface area contributed by atoms with Crippen molar-refractivity contribution < 1.29 is 23.8 Å². The number of ether oxygens (including phenoxy) is 2. The van der Waals surface area contributed by atoms with E-state index in [1.54, 1.807) is 6.92 Å². The summed E-state index contributed by atoms with van der Waals surface area (Å²) in [6, 6.07) is 1.25. The fourth-order valence-electron chi connectivity index (χ4n) is 1.66. The van der Waals surface area contributed by atoms with Crippen LogP contribution in [0.1, 0.15) is 38.4 Å². The Bertz CT molecular complexity index is 465. The Morgan fingerprint density at radius 2 is 2.15 bits per heavy atom. The predicted octanol–water partition coefficient (Wildman–Crippen LogP) is 1.63. The molecule has 1 N–H and O–H groups in total. The normalized spacial score (nSPS) is 10.3. The fourth-order valence-corrected chi connectivity index (χ4v) is 1.66. The lowest BCUT2D eigenvalue weighted by molar-refractivity contribution is -0.143. The van der Waals surface area contributed by atoms with Crippen molar-refractivity contribution >= 4 is 5.97 Å². The van der Waals surface area contributed by atoms with E-state index < -0.39 is 0 Å². The third-order valence-electron chi connectivity index (χ3n) is 2.63. The zero-order valence-corrected chi connectivity index (χ0v) is 11.6. The van der Waals surface area contributed by atoms with Gasteiger partial charge in [-0.05, 0) is 26.2 Å². The molecule has 0 bridgehead atoms. The molecule has 0 aliphatic carbocycles. The van der Waals surface area contributed by atoms with Crippen molar-refractivity contribution in [3.05, 3.63) is 28.3 Å². The van der Waals surface area contributed by atoms with Crippen molar-refractivity contribution in [2.45, 2.75) is 39.2 Å². The van der Waals surface area contributed by atoms with Crippen LogP contribution in [0, 0.1) is 0 Å². The Morgan fingerprint density at radius 1 is 1.35 bits per heavy atom. The van der Waals surface area contributed by atoms with E-state index in [1.807, 2.05) is 0 Å². The summed E-state index contributed by atoms with van der Waals surface area (Å²) in [6.07, 6.45) is 3.84. The van der Waals surface area contributed by atoms with Crippen molar-refractivity contribution in [2.75, 3.05) is 13.2 Å². The van der Waals surface area contributed by atoms with E-state index >= 15 is 0 Å². The first-order chi connectivity index (χ1) is 9.69. The number of rotatable bonds is 9. The van der Waals surface area contributed by atoms with Gasteiger partial charge in [-0.25, -0.2) is 0 Å². The molecule has 1 rings (SSSR count). The number of aliphatic hydroxyl groups is 1. The fraction of sp³-hybridized carbons (Fsp3) is 0.571. The van der Waals surface area contributed by atoms with E-state index in [9.17, 15) is 9.59 Å². The molecule has 0 aromatic carbocycles. The maximum atomic E-state index is 11.5. The summed E-state index contributed by atoms with van der Waals surface area (Å²) in [5.74, 6) is -0.0101. The topological polar surface area (TPSA) is 86.0 Å². The zero-order chi connectivity index (χ0) is 14.8. The van der Waals surface area contributed by atoms with Crippen LogP contribution in [0.15, 0.2) is 21.5 Å². The zero-order valence-electron chi connectivity index (χ0n) is 11.6. The number of hydrogen-bond donors (Lipinski definition) is 1. The molecule has 1 aromatic rings. The maximum absolute atomic E-state index is 11.5. The van der Waals surface area contributed by atoms with Crippen LogP contribution in [0.5, 0.6) is 5.75 Å². The summed E-state index contributed by atoms with van der Waals surface area (Å²) in [7, 11) is 0. The molecule has 0 amide bonds. The van der Waals surface area contributed by atoms with E-state index in [4.69, 9.17) is 19.0 Å². The first kappa shape index (κ1) is 16.2. The van der Waals surface area contributed by atoms with Crippen molar-refractivity contribution in [1.29, 1.82) is 0 Å². The number of carbonyl (C=O) groups is 1. The van der Waals surface area contributed by atoms with Crippen LogP contribution in [0.25, 0.3) is 0 Å². The van der Waals surface area contributed by atoms with Crippen LogP contribution in [0.4, 0.5) is 0 Å². The standard InChI is InChI=1S/C14H20O6/c1-2-18-13(17)6-4-3-5-8-20-14-11(16)7-9-19-12(14)10-15/h7,9,15H,2-6,8,10H2,1H3. The van der Waals surface area contributed by atoms with Gasteiger partial charge in [0.2, 0.25) is 11.2 Å². The number of unbranched alkanes of at least 4 members (excludes halogenated alkanes) is 2. The second-order valence-electron chi connectivity index (χ2n) is 4.16. The van der Waals surface area contributed by atoms with Gasteiger partial charge in [0.05, 0.1) is 19.5 Å². The summed E-state index contributed by atoms with van der Waals surface area (Å²) < 4.78 is 15.1. The van der Waals surface area contributed by atoms with E-state index in [0.29, 0.717) is 26.1 Å². The van der Waals surface area contributed by atoms with E-state index in [2.05, 4.69) is 0 Å². The summed E-state index contributed by atoms with van der Waals surface area (Å²) in [4.78, 5) is 22.6. The third-order valence-corrected chi connectivity index (χ3v) is 2.63. The molecule has 0 radical (unpaired) electrons. The first-order valence-electron chi connectivity index (χ1n) is 6.69. The molecule has 0 saturated heterocycles. The Kier molecular flexibility index (Phi) is 7.42. The molecule has 1 aromatic heterocycles. The second-order valence-corrected chi connectivity index (χ2v) is 4.16. The largest absolute Gasteiger partial charge is 0.486 e. The Labute approximate surface area is 117 Å². The number of esters is 1. The molecule has 0 unspecified atom stereocenters. The minimum atomic E-state index is -0.381. The molecule has 0 aliphatic heterocycles. The molecule has 6 heteroatoms. The molecule has 0 aliphatic rings.